The summed E-state index contributed by atoms with van der Waals surface area (Å²) in [6.45, 7) is 2.56. The molecule has 1 aliphatic carbocycles. The molecule has 3 atom stereocenters. The van der Waals surface area contributed by atoms with E-state index in [2.05, 4.69) is 29.2 Å². The summed E-state index contributed by atoms with van der Waals surface area (Å²) in [5.74, 6) is 1.53. The van der Waals surface area contributed by atoms with Gasteiger partial charge in [-0.25, -0.2) is 0 Å². The van der Waals surface area contributed by atoms with Crippen LogP contribution in [0.3, 0.4) is 0 Å². The van der Waals surface area contributed by atoms with Crippen molar-refractivity contribution >= 4 is 12.4 Å². The van der Waals surface area contributed by atoms with Gasteiger partial charge in [-0.1, -0.05) is 31.4 Å². The van der Waals surface area contributed by atoms with Crippen molar-refractivity contribution in [2.45, 2.75) is 57.1 Å². The molecule has 0 aromatic heterocycles. The van der Waals surface area contributed by atoms with Crippen LogP contribution in [0.1, 0.15) is 56.6 Å². The standard InChI is InChI=1S/C20H31NO2.ClH/c1-22-17-12-10-16(11-13-17)20(23-2)18-8-4-5-9-19(18)21-14-6-3-7-15-21;/h10-13,18-20H,3-9,14-15H2,1-2H3;1H/t18-,19+,20-;/m1./s1. The molecule has 4 heteroatoms. The lowest BCUT2D eigenvalue weighted by Gasteiger charge is -2.44. The molecule has 3 rings (SSSR count). The van der Waals surface area contributed by atoms with Crippen molar-refractivity contribution in [1.82, 2.24) is 4.90 Å². The summed E-state index contributed by atoms with van der Waals surface area (Å²) >= 11 is 0. The molecule has 2 fully saturated rings. The fraction of sp³-hybridized carbons (Fsp3) is 0.700. The fourth-order valence-electron chi connectivity index (χ4n) is 4.55. The van der Waals surface area contributed by atoms with Crippen molar-refractivity contribution in [3.05, 3.63) is 29.8 Å². The molecule has 0 bridgehead atoms. The smallest absolute Gasteiger partial charge is 0.118 e. The first kappa shape index (κ1) is 19.6. The molecule has 0 radical (unpaired) electrons. The predicted octanol–water partition coefficient (Wildman–Crippen LogP) is 4.85. The summed E-state index contributed by atoms with van der Waals surface area (Å²) in [6.07, 6.45) is 9.66. The third-order valence-electron chi connectivity index (χ3n) is 5.73. The highest BCUT2D eigenvalue weighted by Crippen LogP contribution is 2.40. The van der Waals surface area contributed by atoms with E-state index in [1.165, 1.54) is 63.6 Å². The predicted molar refractivity (Wildman–Crippen MR) is 101 cm³/mol. The molecule has 0 amide bonds. The van der Waals surface area contributed by atoms with Crippen LogP contribution >= 0.6 is 12.4 Å². The number of benzene rings is 1. The van der Waals surface area contributed by atoms with Crippen LogP contribution in [-0.4, -0.2) is 38.3 Å². The second kappa shape index (κ2) is 9.65. The van der Waals surface area contributed by atoms with E-state index < -0.39 is 0 Å². The maximum atomic E-state index is 6.00. The van der Waals surface area contributed by atoms with E-state index >= 15 is 0 Å². The molecule has 1 aliphatic heterocycles. The van der Waals surface area contributed by atoms with Crippen LogP contribution in [-0.2, 0) is 4.74 Å². The Morgan fingerprint density at radius 3 is 2.21 bits per heavy atom. The van der Waals surface area contributed by atoms with Crippen molar-refractivity contribution in [3.8, 4) is 5.75 Å². The van der Waals surface area contributed by atoms with Gasteiger partial charge < -0.3 is 14.4 Å². The highest BCUT2D eigenvalue weighted by molar-refractivity contribution is 5.85. The summed E-state index contributed by atoms with van der Waals surface area (Å²) in [5.41, 5.74) is 1.29. The van der Waals surface area contributed by atoms with Gasteiger partial charge in [-0.05, 0) is 56.5 Å². The van der Waals surface area contributed by atoms with Gasteiger partial charge in [0.05, 0.1) is 13.2 Å². The summed E-state index contributed by atoms with van der Waals surface area (Å²) < 4.78 is 11.3. The summed E-state index contributed by atoms with van der Waals surface area (Å²) in [5, 5.41) is 0. The first-order valence-corrected chi connectivity index (χ1v) is 9.24. The molecule has 3 nitrogen and oxygen atoms in total. The highest BCUT2D eigenvalue weighted by atomic mass is 35.5. The molecule has 1 saturated carbocycles. The lowest BCUT2D eigenvalue weighted by atomic mass is 9.77. The fourth-order valence-corrected chi connectivity index (χ4v) is 4.55. The van der Waals surface area contributed by atoms with Crippen molar-refractivity contribution in [1.29, 1.82) is 0 Å². The van der Waals surface area contributed by atoms with E-state index in [1.54, 1.807) is 7.11 Å². The quantitative estimate of drug-likeness (QED) is 0.755. The van der Waals surface area contributed by atoms with Crippen LogP contribution in [0.4, 0.5) is 0 Å². The van der Waals surface area contributed by atoms with Gasteiger partial charge in [-0.3, -0.25) is 0 Å². The molecule has 0 unspecified atom stereocenters. The van der Waals surface area contributed by atoms with Crippen LogP contribution in [0.2, 0.25) is 0 Å². The van der Waals surface area contributed by atoms with Gasteiger partial charge >= 0.3 is 0 Å². The first-order chi connectivity index (χ1) is 11.3. The molecule has 24 heavy (non-hydrogen) atoms. The summed E-state index contributed by atoms with van der Waals surface area (Å²) in [7, 11) is 3.59. The number of hydrogen-bond donors (Lipinski definition) is 0. The van der Waals surface area contributed by atoms with Crippen LogP contribution in [0.15, 0.2) is 24.3 Å². The largest absolute Gasteiger partial charge is 0.497 e. The third kappa shape index (κ3) is 4.44. The minimum atomic E-state index is 0. The second-order valence-corrected chi connectivity index (χ2v) is 7.04. The van der Waals surface area contributed by atoms with Crippen molar-refractivity contribution in [2.24, 2.45) is 5.92 Å². The number of methoxy groups -OCH3 is 2. The Labute approximate surface area is 153 Å². The number of nitrogens with zero attached hydrogens (tertiary/aromatic N) is 1. The van der Waals surface area contributed by atoms with Crippen LogP contribution in [0.5, 0.6) is 5.75 Å². The Bertz CT molecular complexity index is 473. The Balaban J connectivity index is 0.00000208. The molecule has 1 heterocycles. The van der Waals surface area contributed by atoms with Crippen molar-refractivity contribution < 1.29 is 9.47 Å². The molecule has 0 spiro atoms. The molecule has 1 saturated heterocycles. The molecule has 1 aromatic carbocycles. The van der Waals surface area contributed by atoms with Gasteiger partial charge in [0.1, 0.15) is 5.75 Å². The van der Waals surface area contributed by atoms with E-state index in [0.717, 1.165) is 5.75 Å². The Morgan fingerprint density at radius 1 is 0.917 bits per heavy atom. The average molecular weight is 354 g/mol. The maximum Gasteiger partial charge on any atom is 0.118 e. The number of rotatable bonds is 5. The molecular formula is C20H32ClNO2. The van der Waals surface area contributed by atoms with Gasteiger partial charge in [0.15, 0.2) is 0 Å². The van der Waals surface area contributed by atoms with Crippen LogP contribution in [0, 0.1) is 5.92 Å². The second-order valence-electron chi connectivity index (χ2n) is 7.04. The van der Waals surface area contributed by atoms with Gasteiger partial charge in [-0.2, -0.15) is 0 Å². The van der Waals surface area contributed by atoms with Crippen molar-refractivity contribution in [2.75, 3.05) is 27.3 Å². The highest BCUT2D eigenvalue weighted by Gasteiger charge is 2.36. The maximum absolute atomic E-state index is 6.00. The zero-order chi connectivity index (χ0) is 16.1. The van der Waals surface area contributed by atoms with E-state index in [-0.39, 0.29) is 18.5 Å². The average Bonchev–Trinajstić information content (AvgIpc) is 2.64. The molecule has 1 aromatic rings. The minimum absolute atomic E-state index is 0. The molecule has 0 N–H and O–H groups in total. The normalized spacial score (nSPS) is 26.4. The molecule has 136 valence electrons. The van der Waals surface area contributed by atoms with Crippen molar-refractivity contribution in [3.63, 3.8) is 0 Å². The Morgan fingerprint density at radius 2 is 1.58 bits per heavy atom. The lowest BCUT2D eigenvalue weighted by Crippen LogP contribution is -2.47. The van der Waals surface area contributed by atoms with Crippen LogP contribution < -0.4 is 4.74 Å². The minimum Gasteiger partial charge on any atom is -0.497 e. The Hall–Kier alpha value is -0.770. The van der Waals surface area contributed by atoms with E-state index in [1.807, 2.05) is 7.11 Å². The first-order valence-electron chi connectivity index (χ1n) is 9.24. The third-order valence-corrected chi connectivity index (χ3v) is 5.73. The molecular weight excluding hydrogens is 322 g/mol. The van der Waals surface area contributed by atoms with E-state index in [9.17, 15) is 0 Å². The zero-order valence-corrected chi connectivity index (χ0v) is 15.9. The number of ether oxygens (including phenoxy) is 2. The number of piperidine rings is 1. The van der Waals surface area contributed by atoms with E-state index in [0.29, 0.717) is 12.0 Å². The number of likely N-dealkylation sites (tertiary alicyclic amines) is 1. The molecule has 2 aliphatic rings. The number of halogens is 1. The summed E-state index contributed by atoms with van der Waals surface area (Å²) in [4.78, 5) is 2.75. The lowest BCUT2D eigenvalue weighted by molar-refractivity contribution is -0.0204. The monoisotopic (exact) mass is 353 g/mol. The zero-order valence-electron chi connectivity index (χ0n) is 15.1. The summed E-state index contributed by atoms with van der Waals surface area (Å²) in [6, 6.07) is 9.15. The van der Waals surface area contributed by atoms with Gasteiger partial charge in [-0.15, -0.1) is 12.4 Å². The number of hydrogen-bond acceptors (Lipinski definition) is 3. The van der Waals surface area contributed by atoms with Crippen LogP contribution in [0.25, 0.3) is 0 Å². The Kier molecular flexibility index (Phi) is 7.86. The van der Waals surface area contributed by atoms with Gasteiger partial charge in [0.25, 0.3) is 0 Å². The SMILES string of the molecule is COc1ccc([C@@H](OC)[C@@H]2CCCC[C@@H]2N2CCCCC2)cc1.Cl. The van der Waals surface area contributed by atoms with Gasteiger partial charge in [0.2, 0.25) is 0 Å². The van der Waals surface area contributed by atoms with E-state index in [4.69, 9.17) is 9.47 Å². The topological polar surface area (TPSA) is 21.7 Å². The van der Waals surface area contributed by atoms with Gasteiger partial charge in [0, 0.05) is 19.1 Å².